The van der Waals surface area contributed by atoms with Crippen LogP contribution in [0.1, 0.15) is 37.6 Å². The minimum atomic E-state index is 0.0532. The molecule has 1 fully saturated rings. The Bertz CT molecular complexity index is 420. The van der Waals surface area contributed by atoms with Crippen LogP contribution in [0.15, 0.2) is 17.5 Å². The lowest BCUT2D eigenvalue weighted by atomic mass is 10.0. The van der Waals surface area contributed by atoms with Crippen molar-refractivity contribution < 1.29 is 9.90 Å². The van der Waals surface area contributed by atoms with Crippen LogP contribution in [0.5, 0.6) is 0 Å². The first-order valence-corrected chi connectivity index (χ1v) is 8.17. The van der Waals surface area contributed by atoms with Gasteiger partial charge in [0.25, 0.3) is 0 Å². The molecule has 1 saturated heterocycles. The van der Waals surface area contributed by atoms with Crippen molar-refractivity contribution in [3.8, 4) is 0 Å². The molecule has 112 valence electrons. The Labute approximate surface area is 124 Å². The number of amides is 1. The van der Waals surface area contributed by atoms with Gasteiger partial charge in [0.1, 0.15) is 0 Å². The minimum absolute atomic E-state index is 0.0532. The average molecular weight is 296 g/mol. The molecule has 0 saturated carbocycles. The number of aliphatic hydroxyl groups is 1. The fourth-order valence-electron chi connectivity index (χ4n) is 2.75. The van der Waals surface area contributed by atoms with Crippen molar-refractivity contribution >= 4 is 17.2 Å². The highest BCUT2D eigenvalue weighted by Gasteiger charge is 2.27. The van der Waals surface area contributed by atoms with Gasteiger partial charge in [0.05, 0.1) is 19.2 Å². The second kappa shape index (κ2) is 7.20. The van der Waals surface area contributed by atoms with Crippen molar-refractivity contribution in [2.24, 2.45) is 5.92 Å². The first kappa shape index (κ1) is 15.5. The van der Waals surface area contributed by atoms with Gasteiger partial charge < -0.3 is 10.4 Å². The lowest BCUT2D eigenvalue weighted by molar-refractivity contribution is -0.123. The van der Waals surface area contributed by atoms with Crippen molar-refractivity contribution in [2.45, 2.75) is 38.8 Å². The van der Waals surface area contributed by atoms with Crippen LogP contribution < -0.4 is 5.32 Å². The zero-order valence-corrected chi connectivity index (χ0v) is 13.0. The van der Waals surface area contributed by atoms with E-state index in [2.05, 4.69) is 30.1 Å². The number of aliphatic hydroxyl groups excluding tert-OH is 1. The molecule has 0 aliphatic carbocycles. The lowest BCUT2D eigenvalue weighted by Gasteiger charge is -2.25. The molecule has 2 atom stereocenters. The molecule has 1 aromatic heterocycles. The van der Waals surface area contributed by atoms with E-state index in [1.54, 1.807) is 11.3 Å². The molecule has 0 bridgehead atoms. The fourth-order valence-corrected chi connectivity index (χ4v) is 3.70. The Hall–Kier alpha value is -0.910. The van der Waals surface area contributed by atoms with Crippen LogP contribution in [-0.2, 0) is 4.79 Å². The Morgan fingerprint density at radius 1 is 1.60 bits per heavy atom. The van der Waals surface area contributed by atoms with E-state index in [1.807, 2.05) is 11.4 Å². The number of carbonyl (C=O) groups excluding carboxylic acids is 1. The van der Waals surface area contributed by atoms with E-state index in [4.69, 9.17) is 0 Å². The van der Waals surface area contributed by atoms with Gasteiger partial charge in [0.2, 0.25) is 5.91 Å². The summed E-state index contributed by atoms with van der Waals surface area (Å²) < 4.78 is 0. The first-order chi connectivity index (χ1) is 9.61. The van der Waals surface area contributed by atoms with Crippen molar-refractivity contribution in [3.05, 3.63) is 22.4 Å². The molecule has 2 heterocycles. The Morgan fingerprint density at radius 2 is 2.40 bits per heavy atom. The largest absolute Gasteiger partial charge is 0.395 e. The standard InChI is InChI=1S/C15H24N2O2S/c1-11(2)15(13-6-4-8-20-13)16-14(19)9-17-7-3-5-12(17)10-18/h4,6,8,11-12,15,18H,3,5,7,9-10H2,1-2H3,(H,16,19)/t12-,15?/m1/s1. The third-order valence-corrected chi connectivity index (χ3v) is 4.84. The summed E-state index contributed by atoms with van der Waals surface area (Å²) in [6.07, 6.45) is 2.05. The van der Waals surface area contributed by atoms with E-state index in [-0.39, 0.29) is 24.6 Å². The smallest absolute Gasteiger partial charge is 0.234 e. The number of hydrogen-bond donors (Lipinski definition) is 2. The van der Waals surface area contributed by atoms with Crippen molar-refractivity contribution in [1.82, 2.24) is 10.2 Å². The molecule has 2 N–H and O–H groups in total. The second-order valence-corrected chi connectivity index (χ2v) is 6.73. The van der Waals surface area contributed by atoms with Gasteiger partial charge in [-0.1, -0.05) is 19.9 Å². The van der Waals surface area contributed by atoms with E-state index >= 15 is 0 Å². The summed E-state index contributed by atoms with van der Waals surface area (Å²) in [7, 11) is 0. The normalized spacial score (nSPS) is 21.3. The summed E-state index contributed by atoms with van der Waals surface area (Å²) in [6, 6.07) is 4.32. The zero-order chi connectivity index (χ0) is 14.5. The zero-order valence-electron chi connectivity index (χ0n) is 12.2. The average Bonchev–Trinajstić information content (AvgIpc) is 3.06. The molecule has 2 rings (SSSR count). The van der Waals surface area contributed by atoms with Gasteiger partial charge >= 0.3 is 0 Å². The number of likely N-dealkylation sites (tertiary alicyclic amines) is 1. The molecule has 0 radical (unpaired) electrons. The highest BCUT2D eigenvalue weighted by atomic mass is 32.1. The van der Waals surface area contributed by atoms with E-state index in [0.29, 0.717) is 12.5 Å². The molecule has 1 amide bonds. The molecule has 0 aromatic carbocycles. The third-order valence-electron chi connectivity index (χ3n) is 3.89. The number of nitrogens with one attached hydrogen (secondary N) is 1. The van der Waals surface area contributed by atoms with E-state index in [0.717, 1.165) is 19.4 Å². The minimum Gasteiger partial charge on any atom is -0.395 e. The summed E-state index contributed by atoms with van der Waals surface area (Å²) in [5.74, 6) is 0.419. The summed E-state index contributed by atoms with van der Waals surface area (Å²) in [4.78, 5) is 15.5. The molecule has 1 aromatic rings. The van der Waals surface area contributed by atoms with Gasteiger partial charge in [-0.05, 0) is 36.8 Å². The predicted molar refractivity (Wildman–Crippen MR) is 81.7 cm³/mol. The molecular weight excluding hydrogens is 272 g/mol. The maximum Gasteiger partial charge on any atom is 0.234 e. The Kier molecular flexibility index (Phi) is 5.57. The van der Waals surface area contributed by atoms with Gasteiger partial charge in [-0.2, -0.15) is 0 Å². The van der Waals surface area contributed by atoms with Crippen molar-refractivity contribution in [3.63, 3.8) is 0 Å². The van der Waals surface area contributed by atoms with Crippen LogP contribution >= 0.6 is 11.3 Å². The summed E-state index contributed by atoms with van der Waals surface area (Å²) in [5.41, 5.74) is 0. The third kappa shape index (κ3) is 3.81. The molecule has 4 nitrogen and oxygen atoms in total. The maximum atomic E-state index is 12.2. The van der Waals surface area contributed by atoms with E-state index in [1.165, 1.54) is 4.88 Å². The highest BCUT2D eigenvalue weighted by molar-refractivity contribution is 7.10. The van der Waals surface area contributed by atoms with Crippen molar-refractivity contribution in [2.75, 3.05) is 19.7 Å². The summed E-state index contributed by atoms with van der Waals surface area (Å²) in [6.45, 7) is 5.68. The number of hydrogen-bond acceptors (Lipinski definition) is 4. The highest BCUT2D eigenvalue weighted by Crippen LogP contribution is 2.26. The van der Waals surface area contributed by atoms with Crippen LogP contribution in [0.2, 0.25) is 0 Å². The van der Waals surface area contributed by atoms with E-state index in [9.17, 15) is 9.90 Å². The van der Waals surface area contributed by atoms with Crippen LogP contribution in [-0.4, -0.2) is 41.7 Å². The maximum absolute atomic E-state index is 12.2. The van der Waals surface area contributed by atoms with Gasteiger partial charge in [0, 0.05) is 10.9 Å². The molecule has 20 heavy (non-hydrogen) atoms. The van der Waals surface area contributed by atoms with Crippen LogP contribution in [0.3, 0.4) is 0 Å². The number of rotatable bonds is 6. The molecular formula is C15H24N2O2S. The molecule has 1 aliphatic rings. The number of carbonyl (C=O) groups is 1. The fraction of sp³-hybridized carbons (Fsp3) is 0.667. The Balaban J connectivity index is 1.92. The molecule has 1 unspecified atom stereocenters. The summed E-state index contributed by atoms with van der Waals surface area (Å²) >= 11 is 1.68. The predicted octanol–water partition coefficient (Wildman–Crippen LogP) is 2.02. The van der Waals surface area contributed by atoms with Crippen LogP contribution in [0.4, 0.5) is 0 Å². The number of thiophene rings is 1. The van der Waals surface area contributed by atoms with Crippen molar-refractivity contribution in [1.29, 1.82) is 0 Å². The Morgan fingerprint density at radius 3 is 3.00 bits per heavy atom. The monoisotopic (exact) mass is 296 g/mol. The second-order valence-electron chi connectivity index (χ2n) is 5.75. The van der Waals surface area contributed by atoms with Crippen LogP contribution in [0.25, 0.3) is 0 Å². The van der Waals surface area contributed by atoms with E-state index < -0.39 is 0 Å². The summed E-state index contributed by atoms with van der Waals surface area (Å²) in [5, 5.41) is 14.5. The SMILES string of the molecule is CC(C)C(NC(=O)CN1CCC[C@@H]1CO)c1cccs1. The topological polar surface area (TPSA) is 52.6 Å². The van der Waals surface area contributed by atoms with Gasteiger partial charge in [0.15, 0.2) is 0 Å². The van der Waals surface area contributed by atoms with Gasteiger partial charge in [-0.15, -0.1) is 11.3 Å². The molecule has 1 aliphatic heterocycles. The molecule has 5 heteroatoms. The molecule has 0 spiro atoms. The quantitative estimate of drug-likeness (QED) is 0.844. The lowest BCUT2D eigenvalue weighted by Crippen LogP contribution is -2.42. The van der Waals surface area contributed by atoms with Gasteiger partial charge in [-0.25, -0.2) is 0 Å². The van der Waals surface area contributed by atoms with Crippen LogP contribution in [0, 0.1) is 5.92 Å². The van der Waals surface area contributed by atoms with Gasteiger partial charge in [-0.3, -0.25) is 9.69 Å². The first-order valence-electron chi connectivity index (χ1n) is 7.29. The number of nitrogens with zero attached hydrogens (tertiary/aromatic N) is 1.